The van der Waals surface area contributed by atoms with Gasteiger partial charge in [0.05, 0.1) is 12.6 Å². The molecular weight excluding hydrogens is 462 g/mol. The van der Waals surface area contributed by atoms with Crippen molar-refractivity contribution in [2.75, 3.05) is 57.4 Å². The van der Waals surface area contributed by atoms with Gasteiger partial charge in [-0.15, -0.1) is 10.2 Å². The standard InChI is InChI=1S/C24H35N9O3/c1-32-12-14-33(15-13-32)16-22(34)36-20-8-3-2-7-18(20)30-31-19-9-10-21(28-23(19)27)29-24(35)17(26)6-4-5-11-25/h2-3,7-10,17H,4-6,11-16,25-26H2,1H3,(H3,27,28,29,35)/b31-30+/t17-/m0/s1. The Balaban J connectivity index is 1.59. The summed E-state index contributed by atoms with van der Waals surface area (Å²) in [4.78, 5) is 33.2. The Labute approximate surface area is 210 Å². The lowest BCUT2D eigenvalue weighted by atomic mass is 10.1. The number of azo groups is 1. The van der Waals surface area contributed by atoms with E-state index in [-0.39, 0.29) is 30.1 Å². The summed E-state index contributed by atoms with van der Waals surface area (Å²) in [5.74, 6) is -0.0495. The van der Waals surface area contributed by atoms with Crippen LogP contribution < -0.4 is 27.3 Å². The third-order valence-electron chi connectivity index (χ3n) is 5.76. The van der Waals surface area contributed by atoms with Crippen molar-refractivity contribution in [3.05, 3.63) is 36.4 Å². The number of pyridine rings is 1. The minimum absolute atomic E-state index is 0.0813. The third kappa shape index (κ3) is 8.34. The van der Waals surface area contributed by atoms with Crippen molar-refractivity contribution in [2.45, 2.75) is 25.3 Å². The monoisotopic (exact) mass is 497 g/mol. The molecule has 0 bridgehead atoms. The molecule has 2 heterocycles. The normalized spacial score (nSPS) is 15.6. The molecule has 12 heteroatoms. The number of anilines is 2. The van der Waals surface area contributed by atoms with Crippen LogP contribution in [-0.4, -0.2) is 79.0 Å². The maximum absolute atomic E-state index is 12.5. The smallest absolute Gasteiger partial charge is 0.325 e. The molecule has 1 atom stereocenters. The van der Waals surface area contributed by atoms with Crippen LogP contribution in [0.25, 0.3) is 0 Å². The van der Waals surface area contributed by atoms with E-state index in [0.717, 1.165) is 39.0 Å². The van der Waals surface area contributed by atoms with E-state index in [1.54, 1.807) is 36.4 Å². The fourth-order valence-corrected chi connectivity index (χ4v) is 3.56. The van der Waals surface area contributed by atoms with Crippen molar-refractivity contribution in [1.82, 2.24) is 14.8 Å². The summed E-state index contributed by atoms with van der Waals surface area (Å²) in [5, 5.41) is 11.0. The molecule has 194 valence electrons. The van der Waals surface area contributed by atoms with Gasteiger partial charge in [-0.3, -0.25) is 14.5 Å². The van der Waals surface area contributed by atoms with E-state index in [1.165, 1.54) is 0 Å². The number of unbranched alkanes of at least 4 members (excludes halogenated alkanes) is 1. The van der Waals surface area contributed by atoms with Gasteiger partial charge >= 0.3 is 5.97 Å². The second kappa shape index (κ2) is 13.6. The number of ether oxygens (including phenoxy) is 1. The summed E-state index contributed by atoms with van der Waals surface area (Å²) in [6.45, 7) is 4.23. The molecule has 1 fully saturated rings. The number of likely N-dealkylation sites (N-methyl/N-ethyl adjacent to an activating group) is 1. The molecule has 0 unspecified atom stereocenters. The second-order valence-electron chi connectivity index (χ2n) is 8.70. The van der Waals surface area contributed by atoms with Gasteiger partial charge in [-0.25, -0.2) is 4.98 Å². The molecule has 1 aromatic carbocycles. The maximum atomic E-state index is 12.5. The number of para-hydroxylation sites is 1. The molecule has 1 amide bonds. The number of benzene rings is 1. The predicted molar refractivity (Wildman–Crippen MR) is 138 cm³/mol. The molecule has 7 N–H and O–H groups in total. The van der Waals surface area contributed by atoms with Crippen molar-refractivity contribution in [3.8, 4) is 5.75 Å². The van der Waals surface area contributed by atoms with Crippen LogP contribution >= 0.6 is 0 Å². The molecule has 36 heavy (non-hydrogen) atoms. The van der Waals surface area contributed by atoms with Gasteiger partial charge in [-0.2, -0.15) is 0 Å². The molecule has 3 rings (SSSR count). The van der Waals surface area contributed by atoms with Gasteiger partial charge in [0.15, 0.2) is 11.6 Å². The molecule has 1 saturated heterocycles. The fourth-order valence-electron chi connectivity index (χ4n) is 3.56. The van der Waals surface area contributed by atoms with Crippen LogP contribution in [0.3, 0.4) is 0 Å². The fraction of sp³-hybridized carbons (Fsp3) is 0.458. The molecule has 1 aliphatic heterocycles. The number of piperazine rings is 1. The highest BCUT2D eigenvalue weighted by Gasteiger charge is 2.19. The van der Waals surface area contributed by atoms with Gasteiger partial charge in [0.2, 0.25) is 5.91 Å². The number of amides is 1. The minimum atomic E-state index is -0.658. The summed E-state index contributed by atoms with van der Waals surface area (Å²) in [6.07, 6.45) is 2.11. The first-order chi connectivity index (χ1) is 17.4. The molecule has 0 saturated carbocycles. The van der Waals surface area contributed by atoms with Crippen LogP contribution in [0.5, 0.6) is 5.75 Å². The Kier molecular flexibility index (Phi) is 10.2. The summed E-state index contributed by atoms with van der Waals surface area (Å²) < 4.78 is 5.55. The number of nitrogen functional groups attached to an aromatic ring is 1. The number of hydrogen-bond donors (Lipinski definition) is 4. The zero-order valence-corrected chi connectivity index (χ0v) is 20.6. The first kappa shape index (κ1) is 27.1. The van der Waals surface area contributed by atoms with Crippen molar-refractivity contribution in [3.63, 3.8) is 0 Å². The van der Waals surface area contributed by atoms with Gasteiger partial charge in [0, 0.05) is 26.2 Å². The summed E-state index contributed by atoms with van der Waals surface area (Å²) in [7, 11) is 2.06. The van der Waals surface area contributed by atoms with Crippen LogP contribution in [0.1, 0.15) is 19.3 Å². The lowest BCUT2D eigenvalue weighted by Crippen LogP contribution is -2.46. The van der Waals surface area contributed by atoms with E-state index in [9.17, 15) is 9.59 Å². The second-order valence-corrected chi connectivity index (χ2v) is 8.70. The molecule has 1 aliphatic rings. The lowest BCUT2D eigenvalue weighted by molar-refractivity contribution is -0.136. The summed E-state index contributed by atoms with van der Waals surface area (Å²) in [5.41, 5.74) is 18.1. The van der Waals surface area contributed by atoms with Gasteiger partial charge in [0.25, 0.3) is 0 Å². The molecular formula is C24H35N9O3. The van der Waals surface area contributed by atoms with Gasteiger partial charge in [0.1, 0.15) is 17.2 Å². The van der Waals surface area contributed by atoms with E-state index in [0.29, 0.717) is 30.1 Å². The number of esters is 1. The zero-order valence-electron chi connectivity index (χ0n) is 20.6. The topological polar surface area (TPSA) is 178 Å². The number of nitrogens with one attached hydrogen (secondary N) is 1. The maximum Gasteiger partial charge on any atom is 0.325 e. The Morgan fingerprint density at radius 1 is 1.08 bits per heavy atom. The Morgan fingerprint density at radius 3 is 2.53 bits per heavy atom. The SMILES string of the molecule is CN1CCN(CC(=O)Oc2ccccc2/N=N/c2ccc(NC(=O)[C@@H](N)CCCCN)nc2N)CC1. The van der Waals surface area contributed by atoms with Crippen molar-refractivity contribution < 1.29 is 14.3 Å². The molecule has 0 aliphatic carbocycles. The average molecular weight is 498 g/mol. The van der Waals surface area contributed by atoms with Gasteiger partial charge in [-0.1, -0.05) is 18.6 Å². The Morgan fingerprint density at radius 2 is 1.81 bits per heavy atom. The number of hydrogen-bond acceptors (Lipinski definition) is 11. The van der Waals surface area contributed by atoms with E-state index in [4.69, 9.17) is 21.9 Å². The van der Waals surface area contributed by atoms with Gasteiger partial charge in [-0.05, 0) is 50.7 Å². The first-order valence-corrected chi connectivity index (χ1v) is 12.0. The van der Waals surface area contributed by atoms with Crippen LogP contribution in [0.15, 0.2) is 46.6 Å². The van der Waals surface area contributed by atoms with Crippen LogP contribution in [0.2, 0.25) is 0 Å². The highest BCUT2D eigenvalue weighted by atomic mass is 16.5. The van der Waals surface area contributed by atoms with E-state index >= 15 is 0 Å². The van der Waals surface area contributed by atoms with Crippen LogP contribution in [-0.2, 0) is 9.59 Å². The van der Waals surface area contributed by atoms with Crippen molar-refractivity contribution >= 4 is 34.9 Å². The molecule has 2 aromatic rings. The summed E-state index contributed by atoms with van der Waals surface area (Å²) in [6, 6.07) is 9.36. The van der Waals surface area contributed by atoms with Crippen molar-refractivity contribution in [1.29, 1.82) is 0 Å². The highest BCUT2D eigenvalue weighted by Crippen LogP contribution is 2.30. The number of nitrogens with two attached hydrogens (primary N) is 3. The number of carbonyl (C=O) groups is 2. The highest BCUT2D eigenvalue weighted by molar-refractivity contribution is 5.94. The van der Waals surface area contributed by atoms with Crippen molar-refractivity contribution in [2.24, 2.45) is 21.7 Å². The van der Waals surface area contributed by atoms with Crippen LogP contribution in [0, 0.1) is 0 Å². The first-order valence-electron chi connectivity index (χ1n) is 12.0. The van der Waals surface area contributed by atoms with Gasteiger partial charge < -0.3 is 32.2 Å². The molecule has 0 spiro atoms. The number of rotatable bonds is 11. The van der Waals surface area contributed by atoms with E-state index in [2.05, 4.69) is 37.4 Å². The number of nitrogens with zero attached hydrogens (tertiary/aromatic N) is 5. The minimum Gasteiger partial charge on any atom is -0.423 e. The largest absolute Gasteiger partial charge is 0.423 e. The zero-order chi connectivity index (χ0) is 25.9. The predicted octanol–water partition coefficient (Wildman–Crippen LogP) is 1.63. The third-order valence-corrected chi connectivity index (χ3v) is 5.76. The lowest BCUT2D eigenvalue weighted by Gasteiger charge is -2.31. The number of aromatic nitrogens is 1. The number of carbonyl (C=O) groups excluding carboxylic acids is 2. The molecule has 12 nitrogen and oxygen atoms in total. The quantitative estimate of drug-likeness (QED) is 0.155. The molecule has 1 aromatic heterocycles. The summed E-state index contributed by atoms with van der Waals surface area (Å²) >= 11 is 0. The Hall–Kier alpha value is -3.45. The van der Waals surface area contributed by atoms with E-state index in [1.807, 2.05) is 0 Å². The average Bonchev–Trinajstić information content (AvgIpc) is 2.86. The van der Waals surface area contributed by atoms with Crippen LogP contribution in [0.4, 0.5) is 23.0 Å². The Bertz CT molecular complexity index is 1050. The van der Waals surface area contributed by atoms with E-state index < -0.39 is 6.04 Å². The molecule has 0 radical (unpaired) electrons.